The van der Waals surface area contributed by atoms with Crippen LogP contribution >= 0.6 is 0 Å². The molecule has 0 spiro atoms. The zero-order chi connectivity index (χ0) is 14.2. The molecule has 8 heteroatoms. The molecule has 0 bridgehead atoms. The summed E-state index contributed by atoms with van der Waals surface area (Å²) in [5.74, 6) is -8.51. The topological polar surface area (TPSA) is 57.8 Å². The number of carbonyl (C=O) groups excluding carboxylic acids is 1. The van der Waals surface area contributed by atoms with Crippen molar-refractivity contribution in [1.82, 2.24) is 10.2 Å². The minimum atomic E-state index is -2.04. The van der Waals surface area contributed by atoms with Crippen LogP contribution in [-0.2, 0) is 0 Å². The fraction of sp³-hybridized carbons (Fsp3) is 0.0909. The second-order valence-corrected chi connectivity index (χ2v) is 3.74. The normalized spacial score (nSPS) is 10.6. The van der Waals surface area contributed by atoms with Gasteiger partial charge in [0, 0.05) is 11.8 Å². The first-order valence-electron chi connectivity index (χ1n) is 5.06. The number of hydrogen-bond acceptors (Lipinski definition) is 2. The van der Waals surface area contributed by atoms with Gasteiger partial charge in [0.05, 0.1) is 5.56 Å². The van der Waals surface area contributed by atoms with Crippen molar-refractivity contribution in [3.05, 3.63) is 46.7 Å². The van der Waals surface area contributed by atoms with Crippen LogP contribution in [0.2, 0.25) is 0 Å². The van der Waals surface area contributed by atoms with Gasteiger partial charge in [0.15, 0.2) is 29.1 Å². The highest BCUT2D eigenvalue weighted by molar-refractivity contribution is 6.04. The molecule has 0 radical (unpaired) electrons. The number of benzene rings is 1. The molecule has 100 valence electrons. The van der Waals surface area contributed by atoms with Gasteiger partial charge in [-0.3, -0.25) is 9.89 Å². The first-order chi connectivity index (χ1) is 8.90. The van der Waals surface area contributed by atoms with Gasteiger partial charge in [0.1, 0.15) is 0 Å². The van der Waals surface area contributed by atoms with Gasteiger partial charge in [-0.05, 0) is 13.0 Å². The highest BCUT2D eigenvalue weighted by Gasteiger charge is 2.23. The Balaban J connectivity index is 2.34. The fourth-order valence-corrected chi connectivity index (χ4v) is 1.40. The van der Waals surface area contributed by atoms with E-state index in [1.54, 1.807) is 6.92 Å². The number of hydrogen-bond donors (Lipinski definition) is 2. The van der Waals surface area contributed by atoms with Crippen molar-refractivity contribution in [3.8, 4) is 0 Å². The number of anilines is 1. The molecule has 19 heavy (non-hydrogen) atoms. The Kier molecular flexibility index (Phi) is 3.24. The lowest BCUT2D eigenvalue weighted by Crippen LogP contribution is -2.16. The van der Waals surface area contributed by atoms with E-state index in [4.69, 9.17) is 0 Å². The van der Waals surface area contributed by atoms with E-state index in [-0.39, 0.29) is 11.9 Å². The molecule has 1 aromatic carbocycles. The molecular weight excluding hydrogens is 266 g/mol. The van der Waals surface area contributed by atoms with Gasteiger partial charge < -0.3 is 5.32 Å². The third-order valence-corrected chi connectivity index (χ3v) is 2.29. The average Bonchev–Trinajstić information content (AvgIpc) is 2.76. The van der Waals surface area contributed by atoms with E-state index in [2.05, 4.69) is 15.5 Å². The van der Waals surface area contributed by atoms with Crippen LogP contribution in [0, 0.1) is 30.2 Å². The SMILES string of the molecule is Cc1cc(NC(=O)c2cc(F)c(F)c(F)c2F)n[nH]1. The molecule has 0 aliphatic carbocycles. The van der Waals surface area contributed by atoms with Crippen LogP contribution in [0.25, 0.3) is 0 Å². The monoisotopic (exact) mass is 273 g/mol. The summed E-state index contributed by atoms with van der Waals surface area (Å²) in [5.41, 5.74) is -0.329. The summed E-state index contributed by atoms with van der Waals surface area (Å²) < 4.78 is 52.0. The maximum absolute atomic E-state index is 13.3. The van der Waals surface area contributed by atoms with Gasteiger partial charge in [-0.25, -0.2) is 17.6 Å². The molecule has 4 nitrogen and oxygen atoms in total. The van der Waals surface area contributed by atoms with Crippen LogP contribution in [-0.4, -0.2) is 16.1 Å². The number of nitrogens with zero attached hydrogens (tertiary/aromatic N) is 1. The highest BCUT2D eigenvalue weighted by Crippen LogP contribution is 2.19. The summed E-state index contributed by atoms with van der Waals surface area (Å²) >= 11 is 0. The number of amides is 1. The maximum atomic E-state index is 13.3. The van der Waals surface area contributed by atoms with Crippen molar-refractivity contribution >= 4 is 11.7 Å². The summed E-state index contributed by atoms with van der Waals surface area (Å²) in [7, 11) is 0. The van der Waals surface area contributed by atoms with Gasteiger partial charge in [-0.15, -0.1) is 0 Å². The number of aryl methyl sites for hydroxylation is 1. The summed E-state index contributed by atoms with van der Waals surface area (Å²) in [6.07, 6.45) is 0. The zero-order valence-corrected chi connectivity index (χ0v) is 9.52. The minimum absolute atomic E-state index is 0.0482. The molecule has 2 rings (SSSR count). The van der Waals surface area contributed by atoms with E-state index in [0.717, 1.165) is 0 Å². The molecule has 0 saturated carbocycles. The van der Waals surface area contributed by atoms with Crippen LogP contribution in [0.4, 0.5) is 23.4 Å². The lowest BCUT2D eigenvalue weighted by molar-refractivity contribution is 0.102. The number of aromatic amines is 1. The lowest BCUT2D eigenvalue weighted by atomic mass is 10.1. The molecular formula is C11H7F4N3O. The highest BCUT2D eigenvalue weighted by atomic mass is 19.2. The number of aromatic nitrogens is 2. The Hall–Kier alpha value is -2.38. The number of rotatable bonds is 2. The molecule has 1 aromatic heterocycles. The van der Waals surface area contributed by atoms with Gasteiger partial charge in [-0.2, -0.15) is 5.10 Å². The molecule has 0 fully saturated rings. The van der Waals surface area contributed by atoms with Crippen molar-refractivity contribution in [2.24, 2.45) is 0 Å². The Morgan fingerprint density at radius 1 is 1.16 bits per heavy atom. The van der Waals surface area contributed by atoms with E-state index < -0.39 is 34.7 Å². The molecule has 0 unspecified atom stereocenters. The number of nitrogens with one attached hydrogen (secondary N) is 2. The molecule has 0 aliphatic rings. The van der Waals surface area contributed by atoms with Crippen LogP contribution in [0.5, 0.6) is 0 Å². The summed E-state index contributed by atoms with van der Waals surface area (Å²) in [5, 5.41) is 8.25. The van der Waals surface area contributed by atoms with Gasteiger partial charge in [0.2, 0.25) is 0 Å². The molecule has 0 aliphatic heterocycles. The molecule has 1 heterocycles. The fourth-order valence-electron chi connectivity index (χ4n) is 1.40. The second kappa shape index (κ2) is 4.71. The summed E-state index contributed by atoms with van der Waals surface area (Å²) in [6, 6.07) is 1.70. The Bertz CT molecular complexity index is 654. The molecule has 1 amide bonds. The molecule has 2 aromatic rings. The van der Waals surface area contributed by atoms with Gasteiger partial charge >= 0.3 is 0 Å². The second-order valence-electron chi connectivity index (χ2n) is 3.74. The third kappa shape index (κ3) is 2.42. The predicted molar refractivity (Wildman–Crippen MR) is 57.6 cm³/mol. The van der Waals surface area contributed by atoms with Crippen molar-refractivity contribution in [1.29, 1.82) is 0 Å². The van der Waals surface area contributed by atoms with Crippen LogP contribution < -0.4 is 5.32 Å². The maximum Gasteiger partial charge on any atom is 0.260 e. The number of halogens is 4. The van der Waals surface area contributed by atoms with E-state index >= 15 is 0 Å². The van der Waals surface area contributed by atoms with E-state index in [1.807, 2.05) is 0 Å². The number of carbonyl (C=O) groups is 1. The number of H-pyrrole nitrogens is 1. The summed E-state index contributed by atoms with van der Waals surface area (Å²) in [4.78, 5) is 11.6. The van der Waals surface area contributed by atoms with Gasteiger partial charge in [-0.1, -0.05) is 0 Å². The van der Waals surface area contributed by atoms with Crippen LogP contribution in [0.1, 0.15) is 16.1 Å². The lowest BCUT2D eigenvalue weighted by Gasteiger charge is -2.05. The Labute approximate surface area is 104 Å². The quantitative estimate of drug-likeness (QED) is 0.502. The van der Waals surface area contributed by atoms with E-state index in [9.17, 15) is 22.4 Å². The van der Waals surface area contributed by atoms with Crippen LogP contribution in [0.15, 0.2) is 12.1 Å². The third-order valence-electron chi connectivity index (χ3n) is 2.29. The smallest absolute Gasteiger partial charge is 0.260 e. The van der Waals surface area contributed by atoms with E-state index in [1.165, 1.54) is 6.07 Å². The van der Waals surface area contributed by atoms with Crippen LogP contribution in [0.3, 0.4) is 0 Å². The van der Waals surface area contributed by atoms with Crippen molar-refractivity contribution in [2.45, 2.75) is 6.92 Å². The van der Waals surface area contributed by atoms with Crippen molar-refractivity contribution < 1.29 is 22.4 Å². The van der Waals surface area contributed by atoms with Gasteiger partial charge in [0.25, 0.3) is 5.91 Å². The largest absolute Gasteiger partial charge is 0.305 e. The van der Waals surface area contributed by atoms with Crippen molar-refractivity contribution in [3.63, 3.8) is 0 Å². The van der Waals surface area contributed by atoms with E-state index in [0.29, 0.717) is 5.69 Å². The van der Waals surface area contributed by atoms with Crippen molar-refractivity contribution in [2.75, 3.05) is 5.32 Å². The Morgan fingerprint density at radius 3 is 2.42 bits per heavy atom. The standard InChI is InChI=1S/C11H7F4N3O/c1-4-2-7(18-17-4)16-11(19)5-3-6(12)9(14)10(15)8(5)13/h2-3H,1H3,(H2,16,17,18,19). The predicted octanol–water partition coefficient (Wildman–Crippen LogP) is 2.53. The minimum Gasteiger partial charge on any atom is -0.305 e. The molecule has 0 atom stereocenters. The summed E-state index contributed by atoms with van der Waals surface area (Å²) in [6.45, 7) is 1.65. The molecule has 0 saturated heterocycles. The first-order valence-corrected chi connectivity index (χ1v) is 5.06. The first kappa shape index (κ1) is 13.1. The molecule has 2 N–H and O–H groups in total. The zero-order valence-electron chi connectivity index (χ0n) is 9.52. The average molecular weight is 273 g/mol. The Morgan fingerprint density at radius 2 is 1.84 bits per heavy atom.